The van der Waals surface area contributed by atoms with Crippen molar-refractivity contribution in [3.05, 3.63) is 0 Å². The highest BCUT2D eigenvalue weighted by Crippen LogP contribution is 1.96. The molecule has 0 aromatic carbocycles. The number of rotatable bonds is 6. The minimum atomic E-state index is 0.0662. The molecule has 13 heavy (non-hydrogen) atoms. The van der Waals surface area contributed by atoms with Crippen molar-refractivity contribution in [3.63, 3.8) is 0 Å². The van der Waals surface area contributed by atoms with Gasteiger partial charge in [0.15, 0.2) is 0 Å². The van der Waals surface area contributed by atoms with Gasteiger partial charge >= 0.3 is 0 Å². The van der Waals surface area contributed by atoms with Crippen molar-refractivity contribution in [2.45, 2.75) is 32.2 Å². The first-order valence-electron chi connectivity index (χ1n) is 4.62. The summed E-state index contributed by atoms with van der Waals surface area (Å²) in [4.78, 5) is 11.2. The van der Waals surface area contributed by atoms with Crippen molar-refractivity contribution in [2.24, 2.45) is 0 Å². The zero-order valence-electron chi connectivity index (χ0n) is 8.39. The molecule has 0 rings (SSSR count). The van der Waals surface area contributed by atoms with E-state index in [9.17, 15) is 4.79 Å². The van der Waals surface area contributed by atoms with Gasteiger partial charge in [-0.15, -0.1) is 12.3 Å². The number of nitrogens with one attached hydrogen (secondary N) is 2. The second-order valence-corrected chi connectivity index (χ2v) is 2.93. The molecular weight excluding hydrogens is 164 g/mol. The van der Waals surface area contributed by atoms with Gasteiger partial charge in [0.2, 0.25) is 5.91 Å². The molecule has 0 saturated carbocycles. The Morgan fingerprint density at radius 2 is 2.31 bits per heavy atom. The Kier molecular flexibility index (Phi) is 7.04. The fraction of sp³-hybridized carbons (Fsp3) is 0.700. The molecule has 0 aromatic heterocycles. The van der Waals surface area contributed by atoms with Crippen LogP contribution in [0.4, 0.5) is 0 Å². The van der Waals surface area contributed by atoms with Crippen LogP contribution in [0, 0.1) is 12.3 Å². The number of terminal acetylenes is 1. The van der Waals surface area contributed by atoms with E-state index in [2.05, 4.69) is 16.6 Å². The van der Waals surface area contributed by atoms with Crippen LogP contribution in [-0.2, 0) is 4.79 Å². The highest BCUT2D eigenvalue weighted by Gasteiger charge is 2.07. The van der Waals surface area contributed by atoms with Crippen LogP contribution in [0.2, 0.25) is 0 Å². The van der Waals surface area contributed by atoms with Crippen molar-refractivity contribution in [2.75, 3.05) is 13.6 Å². The predicted octanol–water partition coefficient (Wildman–Crippen LogP) is 0.514. The van der Waals surface area contributed by atoms with Crippen LogP contribution in [0.1, 0.15) is 26.2 Å². The molecule has 0 spiro atoms. The average molecular weight is 182 g/mol. The molecule has 1 atom stereocenters. The monoisotopic (exact) mass is 182 g/mol. The largest absolute Gasteiger partial charge is 0.352 e. The van der Waals surface area contributed by atoms with Gasteiger partial charge in [-0.2, -0.15) is 0 Å². The molecule has 74 valence electrons. The van der Waals surface area contributed by atoms with Crippen LogP contribution in [0.5, 0.6) is 0 Å². The van der Waals surface area contributed by atoms with E-state index in [0.717, 1.165) is 6.42 Å². The first-order valence-corrected chi connectivity index (χ1v) is 4.62. The molecule has 1 unspecified atom stereocenters. The lowest BCUT2D eigenvalue weighted by Crippen LogP contribution is -2.35. The van der Waals surface area contributed by atoms with E-state index >= 15 is 0 Å². The SMILES string of the molecule is C#CCC(CC)NC(=O)CCNC. The molecule has 0 saturated heterocycles. The summed E-state index contributed by atoms with van der Waals surface area (Å²) in [5.74, 6) is 2.62. The van der Waals surface area contributed by atoms with Gasteiger partial charge in [0, 0.05) is 25.4 Å². The summed E-state index contributed by atoms with van der Waals surface area (Å²) >= 11 is 0. The minimum Gasteiger partial charge on any atom is -0.352 e. The number of carbonyl (C=O) groups is 1. The van der Waals surface area contributed by atoms with Crippen LogP contribution < -0.4 is 10.6 Å². The van der Waals surface area contributed by atoms with Crippen molar-refractivity contribution >= 4 is 5.91 Å². The summed E-state index contributed by atoms with van der Waals surface area (Å²) in [6.07, 6.45) is 7.18. The normalized spacial score (nSPS) is 11.8. The number of hydrogen-bond donors (Lipinski definition) is 2. The molecule has 0 heterocycles. The van der Waals surface area contributed by atoms with E-state index in [1.54, 1.807) is 0 Å². The molecule has 0 fully saturated rings. The predicted molar refractivity (Wildman–Crippen MR) is 54.2 cm³/mol. The maximum absolute atomic E-state index is 11.2. The Hall–Kier alpha value is -1.01. The number of amides is 1. The standard InChI is InChI=1S/C10H18N2O/c1-4-6-9(5-2)12-10(13)7-8-11-3/h1,9,11H,5-8H2,2-3H3,(H,12,13). The van der Waals surface area contributed by atoms with Gasteiger partial charge in [-0.25, -0.2) is 0 Å². The summed E-state index contributed by atoms with van der Waals surface area (Å²) < 4.78 is 0. The Balaban J connectivity index is 3.67. The Labute approximate surface area is 80.3 Å². The summed E-state index contributed by atoms with van der Waals surface area (Å²) in [6, 6.07) is 0.134. The van der Waals surface area contributed by atoms with Crippen LogP contribution in [0.15, 0.2) is 0 Å². The van der Waals surface area contributed by atoms with E-state index < -0.39 is 0 Å². The highest BCUT2D eigenvalue weighted by atomic mass is 16.1. The Morgan fingerprint density at radius 3 is 2.77 bits per heavy atom. The van der Waals surface area contributed by atoms with Gasteiger partial charge in [-0.05, 0) is 13.5 Å². The quantitative estimate of drug-likeness (QED) is 0.588. The van der Waals surface area contributed by atoms with Gasteiger partial charge in [0.1, 0.15) is 0 Å². The summed E-state index contributed by atoms with van der Waals surface area (Å²) in [6.45, 7) is 2.72. The minimum absolute atomic E-state index is 0.0662. The maximum atomic E-state index is 11.2. The second-order valence-electron chi connectivity index (χ2n) is 2.93. The zero-order valence-corrected chi connectivity index (χ0v) is 8.39. The van der Waals surface area contributed by atoms with E-state index in [-0.39, 0.29) is 11.9 Å². The van der Waals surface area contributed by atoms with E-state index in [1.165, 1.54) is 0 Å². The van der Waals surface area contributed by atoms with Gasteiger partial charge in [-0.1, -0.05) is 6.92 Å². The van der Waals surface area contributed by atoms with Crippen LogP contribution >= 0.6 is 0 Å². The lowest BCUT2D eigenvalue weighted by molar-refractivity contribution is -0.121. The second kappa shape index (κ2) is 7.63. The molecule has 3 nitrogen and oxygen atoms in total. The molecule has 0 aromatic rings. The van der Waals surface area contributed by atoms with Crippen molar-refractivity contribution in [1.29, 1.82) is 0 Å². The topological polar surface area (TPSA) is 41.1 Å². The fourth-order valence-corrected chi connectivity index (χ4v) is 0.978. The number of carbonyl (C=O) groups excluding carboxylic acids is 1. The molecular formula is C10H18N2O. The first kappa shape index (κ1) is 12.0. The van der Waals surface area contributed by atoms with Crippen LogP contribution in [-0.4, -0.2) is 25.5 Å². The molecule has 2 N–H and O–H groups in total. The summed E-state index contributed by atoms with van der Waals surface area (Å²) in [5.41, 5.74) is 0. The van der Waals surface area contributed by atoms with Gasteiger partial charge in [-0.3, -0.25) is 4.79 Å². The molecule has 0 aliphatic carbocycles. The van der Waals surface area contributed by atoms with E-state index in [1.807, 2.05) is 14.0 Å². The van der Waals surface area contributed by atoms with Crippen molar-refractivity contribution in [1.82, 2.24) is 10.6 Å². The molecule has 0 bridgehead atoms. The molecule has 3 heteroatoms. The fourth-order valence-electron chi connectivity index (χ4n) is 0.978. The first-order chi connectivity index (χ1) is 6.24. The third-order valence-electron chi connectivity index (χ3n) is 1.82. The molecule has 0 aliphatic heterocycles. The smallest absolute Gasteiger partial charge is 0.221 e. The van der Waals surface area contributed by atoms with E-state index in [0.29, 0.717) is 19.4 Å². The molecule has 1 amide bonds. The van der Waals surface area contributed by atoms with Crippen LogP contribution in [0.3, 0.4) is 0 Å². The third-order valence-corrected chi connectivity index (χ3v) is 1.82. The number of hydrogen-bond acceptors (Lipinski definition) is 2. The molecule has 0 aliphatic rings. The lowest BCUT2D eigenvalue weighted by atomic mass is 10.1. The zero-order chi connectivity index (χ0) is 10.1. The van der Waals surface area contributed by atoms with E-state index in [4.69, 9.17) is 6.42 Å². The van der Waals surface area contributed by atoms with Gasteiger partial charge < -0.3 is 10.6 Å². The van der Waals surface area contributed by atoms with Gasteiger partial charge in [0.05, 0.1) is 0 Å². The van der Waals surface area contributed by atoms with Crippen molar-refractivity contribution < 1.29 is 4.79 Å². The average Bonchev–Trinajstić information content (AvgIpc) is 2.14. The van der Waals surface area contributed by atoms with Gasteiger partial charge in [0.25, 0.3) is 0 Å². The summed E-state index contributed by atoms with van der Waals surface area (Å²) in [5, 5.41) is 5.80. The van der Waals surface area contributed by atoms with Crippen LogP contribution in [0.25, 0.3) is 0 Å². The summed E-state index contributed by atoms with van der Waals surface area (Å²) in [7, 11) is 1.83. The highest BCUT2D eigenvalue weighted by molar-refractivity contribution is 5.76. The molecule has 0 radical (unpaired) electrons. The third kappa shape index (κ3) is 6.18. The maximum Gasteiger partial charge on any atom is 0.221 e. The lowest BCUT2D eigenvalue weighted by Gasteiger charge is -2.13. The Bertz CT molecular complexity index is 184. The Morgan fingerprint density at radius 1 is 1.62 bits per heavy atom. The van der Waals surface area contributed by atoms with Crippen molar-refractivity contribution in [3.8, 4) is 12.3 Å².